The zero-order chi connectivity index (χ0) is 13.7. The van der Waals surface area contributed by atoms with Crippen LogP contribution >= 0.6 is 12.4 Å². The van der Waals surface area contributed by atoms with Gasteiger partial charge in [0.25, 0.3) is 5.91 Å². The molecule has 0 aliphatic carbocycles. The van der Waals surface area contributed by atoms with Gasteiger partial charge in [-0.1, -0.05) is 0 Å². The highest BCUT2D eigenvalue weighted by Crippen LogP contribution is 2.16. The van der Waals surface area contributed by atoms with E-state index in [2.05, 4.69) is 10.6 Å². The number of primary amides is 1. The molecule has 110 valence electrons. The number of ether oxygens (including phenoxy) is 1. The van der Waals surface area contributed by atoms with Gasteiger partial charge in [-0.05, 0) is 43.7 Å². The van der Waals surface area contributed by atoms with Gasteiger partial charge in [0.1, 0.15) is 5.75 Å². The van der Waals surface area contributed by atoms with Gasteiger partial charge in [0, 0.05) is 5.69 Å². The Morgan fingerprint density at radius 1 is 1.35 bits per heavy atom. The Bertz CT molecular complexity index is 458. The first kappa shape index (κ1) is 16.3. The zero-order valence-corrected chi connectivity index (χ0v) is 11.7. The Kier molecular flexibility index (Phi) is 6.27. The molecule has 1 aliphatic heterocycles. The number of hydrogen-bond donors (Lipinski definition) is 3. The van der Waals surface area contributed by atoms with E-state index in [9.17, 15) is 9.59 Å². The van der Waals surface area contributed by atoms with Gasteiger partial charge in [0.15, 0.2) is 6.61 Å². The Hall–Kier alpha value is -1.79. The number of carbonyl (C=O) groups excluding carboxylic acids is 2. The minimum atomic E-state index is -0.523. The first-order valence-corrected chi connectivity index (χ1v) is 6.20. The lowest BCUT2D eigenvalue weighted by molar-refractivity contribution is -0.120. The van der Waals surface area contributed by atoms with Crippen LogP contribution in [-0.4, -0.2) is 31.0 Å². The van der Waals surface area contributed by atoms with Crippen molar-refractivity contribution < 1.29 is 14.3 Å². The summed E-state index contributed by atoms with van der Waals surface area (Å²) in [6.45, 7) is 0.732. The molecule has 1 aromatic rings. The maximum Gasteiger partial charge on any atom is 0.255 e. The predicted octanol–water partition coefficient (Wildman–Crippen LogP) is 0.663. The fourth-order valence-corrected chi connectivity index (χ4v) is 1.93. The Balaban J connectivity index is 0.00000200. The molecule has 4 N–H and O–H groups in total. The molecule has 0 aromatic heterocycles. The SMILES string of the molecule is Cl.NC(=O)COc1ccc(NC(=O)[C@@H]2CCCN2)cc1. The number of anilines is 1. The van der Waals surface area contributed by atoms with Gasteiger partial charge >= 0.3 is 0 Å². The third-order valence-corrected chi connectivity index (χ3v) is 2.88. The molecule has 0 bridgehead atoms. The van der Waals surface area contributed by atoms with Crippen molar-refractivity contribution in [1.29, 1.82) is 0 Å². The van der Waals surface area contributed by atoms with Crippen molar-refractivity contribution in [3.05, 3.63) is 24.3 Å². The topological polar surface area (TPSA) is 93.5 Å². The number of nitrogens with two attached hydrogens (primary N) is 1. The van der Waals surface area contributed by atoms with Gasteiger partial charge in [-0.2, -0.15) is 0 Å². The van der Waals surface area contributed by atoms with Crippen molar-refractivity contribution in [3.8, 4) is 5.75 Å². The molecule has 0 saturated carbocycles. The van der Waals surface area contributed by atoms with Crippen LogP contribution in [0.2, 0.25) is 0 Å². The highest BCUT2D eigenvalue weighted by atomic mass is 35.5. The summed E-state index contributed by atoms with van der Waals surface area (Å²) in [6.07, 6.45) is 1.89. The molecule has 6 nitrogen and oxygen atoms in total. The number of carbonyl (C=O) groups is 2. The van der Waals surface area contributed by atoms with Crippen LogP contribution in [0.15, 0.2) is 24.3 Å². The van der Waals surface area contributed by atoms with E-state index in [4.69, 9.17) is 10.5 Å². The molecule has 0 spiro atoms. The van der Waals surface area contributed by atoms with Gasteiger partial charge < -0.3 is 21.1 Å². The van der Waals surface area contributed by atoms with Crippen LogP contribution in [0.4, 0.5) is 5.69 Å². The minimum Gasteiger partial charge on any atom is -0.484 e. The van der Waals surface area contributed by atoms with Crippen molar-refractivity contribution in [2.75, 3.05) is 18.5 Å². The smallest absolute Gasteiger partial charge is 0.255 e. The van der Waals surface area contributed by atoms with Crippen LogP contribution in [0.5, 0.6) is 5.75 Å². The van der Waals surface area contributed by atoms with Crippen LogP contribution in [0, 0.1) is 0 Å². The van der Waals surface area contributed by atoms with E-state index in [-0.39, 0.29) is 31.0 Å². The van der Waals surface area contributed by atoms with Crippen LogP contribution in [0.25, 0.3) is 0 Å². The number of amides is 2. The summed E-state index contributed by atoms with van der Waals surface area (Å²) in [6, 6.07) is 6.71. The van der Waals surface area contributed by atoms with Crippen molar-refractivity contribution in [2.24, 2.45) is 5.73 Å². The summed E-state index contributed by atoms with van der Waals surface area (Å²) in [5, 5.41) is 5.96. The molecule has 1 aliphatic rings. The van der Waals surface area contributed by atoms with Gasteiger partial charge in [-0.3, -0.25) is 9.59 Å². The molecule has 1 heterocycles. The number of hydrogen-bond acceptors (Lipinski definition) is 4. The molecule has 2 rings (SSSR count). The first-order chi connectivity index (χ1) is 9.15. The molecule has 7 heteroatoms. The largest absolute Gasteiger partial charge is 0.484 e. The number of nitrogens with one attached hydrogen (secondary N) is 2. The minimum absolute atomic E-state index is 0. The second kappa shape index (κ2) is 7.72. The lowest BCUT2D eigenvalue weighted by atomic mass is 10.2. The first-order valence-electron chi connectivity index (χ1n) is 6.20. The molecule has 0 radical (unpaired) electrons. The summed E-state index contributed by atoms with van der Waals surface area (Å²) in [5.41, 5.74) is 5.68. The zero-order valence-electron chi connectivity index (χ0n) is 10.9. The lowest BCUT2D eigenvalue weighted by Gasteiger charge is -2.11. The maximum atomic E-state index is 11.8. The average molecular weight is 300 g/mol. The molecule has 0 unspecified atom stereocenters. The van der Waals surface area contributed by atoms with Crippen LogP contribution < -0.4 is 21.1 Å². The Labute approximate surface area is 123 Å². The van der Waals surface area contributed by atoms with Gasteiger partial charge in [0.05, 0.1) is 6.04 Å². The average Bonchev–Trinajstić information content (AvgIpc) is 2.92. The van der Waals surface area contributed by atoms with Crippen LogP contribution in [0.1, 0.15) is 12.8 Å². The second-order valence-electron chi connectivity index (χ2n) is 4.42. The fourth-order valence-electron chi connectivity index (χ4n) is 1.93. The van der Waals surface area contributed by atoms with Crippen molar-refractivity contribution in [3.63, 3.8) is 0 Å². The van der Waals surface area contributed by atoms with E-state index >= 15 is 0 Å². The molecular weight excluding hydrogens is 282 g/mol. The van der Waals surface area contributed by atoms with Crippen molar-refractivity contribution in [1.82, 2.24) is 5.32 Å². The summed E-state index contributed by atoms with van der Waals surface area (Å²) >= 11 is 0. The van der Waals surface area contributed by atoms with E-state index in [0.29, 0.717) is 11.4 Å². The van der Waals surface area contributed by atoms with Crippen LogP contribution in [0.3, 0.4) is 0 Å². The Morgan fingerprint density at radius 2 is 2.05 bits per heavy atom. The molecular formula is C13H18ClN3O3. The molecule has 1 saturated heterocycles. The van der Waals surface area contributed by atoms with E-state index in [1.54, 1.807) is 24.3 Å². The van der Waals surface area contributed by atoms with Gasteiger partial charge in [-0.25, -0.2) is 0 Å². The molecule has 20 heavy (non-hydrogen) atoms. The maximum absolute atomic E-state index is 11.8. The molecule has 1 fully saturated rings. The second-order valence-corrected chi connectivity index (χ2v) is 4.42. The summed E-state index contributed by atoms with van der Waals surface area (Å²) in [5.74, 6) is -0.0104. The number of rotatable bonds is 5. The molecule has 2 amide bonds. The third-order valence-electron chi connectivity index (χ3n) is 2.88. The van der Waals surface area contributed by atoms with E-state index in [1.165, 1.54) is 0 Å². The molecule has 1 aromatic carbocycles. The van der Waals surface area contributed by atoms with E-state index in [1.807, 2.05) is 0 Å². The number of halogens is 1. The number of benzene rings is 1. The van der Waals surface area contributed by atoms with E-state index < -0.39 is 5.91 Å². The summed E-state index contributed by atoms with van der Waals surface area (Å²) < 4.78 is 5.13. The van der Waals surface area contributed by atoms with Gasteiger partial charge in [-0.15, -0.1) is 12.4 Å². The Morgan fingerprint density at radius 3 is 2.60 bits per heavy atom. The monoisotopic (exact) mass is 299 g/mol. The van der Waals surface area contributed by atoms with Crippen molar-refractivity contribution in [2.45, 2.75) is 18.9 Å². The third kappa shape index (κ3) is 4.71. The van der Waals surface area contributed by atoms with Gasteiger partial charge in [0.2, 0.25) is 5.91 Å². The van der Waals surface area contributed by atoms with E-state index in [0.717, 1.165) is 19.4 Å². The highest BCUT2D eigenvalue weighted by Gasteiger charge is 2.21. The standard InChI is InChI=1S/C13H17N3O3.ClH/c14-12(17)8-19-10-5-3-9(4-6-10)16-13(18)11-2-1-7-15-11;/h3-6,11,15H,1-2,7-8H2,(H2,14,17)(H,16,18);1H/t11-;/m0./s1. The van der Waals surface area contributed by atoms with Crippen molar-refractivity contribution >= 4 is 29.9 Å². The molecule has 1 atom stereocenters. The lowest BCUT2D eigenvalue weighted by Crippen LogP contribution is -2.35. The fraction of sp³-hybridized carbons (Fsp3) is 0.385. The normalized spacial score (nSPS) is 17.1. The quantitative estimate of drug-likeness (QED) is 0.744. The van der Waals surface area contributed by atoms with Crippen LogP contribution in [-0.2, 0) is 9.59 Å². The highest BCUT2D eigenvalue weighted by molar-refractivity contribution is 5.95. The summed E-state index contributed by atoms with van der Waals surface area (Å²) in [7, 11) is 0. The summed E-state index contributed by atoms with van der Waals surface area (Å²) in [4.78, 5) is 22.4. The predicted molar refractivity (Wildman–Crippen MR) is 78.0 cm³/mol.